The monoisotopic (exact) mass is 298 g/mol. The Bertz CT molecular complexity index is 382. The van der Waals surface area contributed by atoms with Gasteiger partial charge in [-0.2, -0.15) is 0 Å². The minimum atomic E-state index is -0.784. The summed E-state index contributed by atoms with van der Waals surface area (Å²) in [6.07, 6.45) is 2.80. The molecule has 0 saturated carbocycles. The van der Waals surface area contributed by atoms with Crippen LogP contribution in [0.15, 0.2) is 0 Å². The van der Waals surface area contributed by atoms with Crippen LogP contribution in [0.4, 0.5) is 4.79 Å². The topological polar surface area (TPSA) is 60.9 Å². The summed E-state index contributed by atoms with van der Waals surface area (Å²) < 4.78 is 0. The zero-order valence-electron chi connectivity index (χ0n) is 14.1. The van der Waals surface area contributed by atoms with E-state index < -0.39 is 11.4 Å². The van der Waals surface area contributed by atoms with E-state index in [0.29, 0.717) is 12.5 Å². The van der Waals surface area contributed by atoms with Crippen LogP contribution in [0, 0.1) is 17.3 Å². The summed E-state index contributed by atoms with van der Waals surface area (Å²) in [5, 5.41) is 9.36. The van der Waals surface area contributed by atoms with Gasteiger partial charge in [0.2, 0.25) is 0 Å². The minimum absolute atomic E-state index is 0.0182. The second-order valence-electron chi connectivity index (χ2n) is 6.99. The normalized spacial score (nSPS) is 21.0. The molecule has 0 bridgehead atoms. The van der Waals surface area contributed by atoms with E-state index in [1.54, 1.807) is 18.7 Å². The number of hydrogen-bond acceptors (Lipinski definition) is 2. The van der Waals surface area contributed by atoms with Gasteiger partial charge in [-0.1, -0.05) is 20.3 Å². The van der Waals surface area contributed by atoms with Gasteiger partial charge in [-0.3, -0.25) is 4.79 Å². The van der Waals surface area contributed by atoms with Gasteiger partial charge in [0.15, 0.2) is 0 Å². The molecular weight excluding hydrogens is 268 g/mol. The Labute approximate surface area is 128 Å². The summed E-state index contributed by atoms with van der Waals surface area (Å²) in [5.74, 6) is -0.283. The van der Waals surface area contributed by atoms with Crippen molar-refractivity contribution in [3.8, 4) is 0 Å². The number of hydrogen-bond donors (Lipinski definition) is 1. The summed E-state index contributed by atoms with van der Waals surface area (Å²) in [7, 11) is 1.83. The number of nitrogens with zero attached hydrogens (tertiary/aromatic N) is 2. The van der Waals surface area contributed by atoms with Crippen LogP contribution in [0.25, 0.3) is 0 Å². The molecule has 5 heteroatoms. The van der Waals surface area contributed by atoms with Crippen LogP contribution in [-0.2, 0) is 4.79 Å². The summed E-state index contributed by atoms with van der Waals surface area (Å²) >= 11 is 0. The maximum atomic E-state index is 12.5. The lowest BCUT2D eigenvalue weighted by molar-refractivity contribution is -0.151. The summed E-state index contributed by atoms with van der Waals surface area (Å²) in [4.78, 5) is 27.5. The molecule has 2 unspecified atom stereocenters. The van der Waals surface area contributed by atoms with Gasteiger partial charge in [0, 0.05) is 26.7 Å². The highest BCUT2D eigenvalue weighted by molar-refractivity contribution is 5.76. The highest BCUT2D eigenvalue weighted by Crippen LogP contribution is 2.34. The van der Waals surface area contributed by atoms with E-state index in [0.717, 1.165) is 32.4 Å². The second-order valence-corrected chi connectivity index (χ2v) is 6.99. The number of likely N-dealkylation sites (tertiary alicyclic amines) is 1. The van der Waals surface area contributed by atoms with Crippen LogP contribution >= 0.6 is 0 Å². The van der Waals surface area contributed by atoms with E-state index in [9.17, 15) is 14.7 Å². The van der Waals surface area contributed by atoms with Crippen LogP contribution < -0.4 is 0 Å². The molecule has 0 radical (unpaired) electrons. The third-order valence-corrected chi connectivity index (χ3v) is 4.87. The van der Waals surface area contributed by atoms with Crippen LogP contribution in [-0.4, -0.2) is 53.6 Å². The number of amides is 2. The van der Waals surface area contributed by atoms with Crippen molar-refractivity contribution in [2.45, 2.75) is 47.0 Å². The lowest BCUT2D eigenvalue weighted by atomic mass is 9.74. The average molecular weight is 298 g/mol. The van der Waals surface area contributed by atoms with Crippen molar-refractivity contribution < 1.29 is 14.7 Å². The Kier molecular flexibility index (Phi) is 6.05. The van der Waals surface area contributed by atoms with Gasteiger partial charge in [-0.15, -0.1) is 0 Å². The van der Waals surface area contributed by atoms with Crippen molar-refractivity contribution in [2.75, 3.05) is 26.7 Å². The van der Waals surface area contributed by atoms with Crippen molar-refractivity contribution in [1.29, 1.82) is 0 Å². The smallest absolute Gasteiger partial charge is 0.319 e. The SMILES string of the molecule is CCC(C)CN(C)C(=O)N1CCCC(C(C)(C)C(=O)O)C1. The first kappa shape index (κ1) is 17.8. The van der Waals surface area contributed by atoms with Gasteiger partial charge < -0.3 is 14.9 Å². The number of urea groups is 1. The largest absolute Gasteiger partial charge is 0.481 e. The Hall–Kier alpha value is -1.26. The lowest BCUT2D eigenvalue weighted by Gasteiger charge is -2.40. The number of rotatable bonds is 5. The summed E-state index contributed by atoms with van der Waals surface area (Å²) in [6, 6.07) is 0.0289. The second kappa shape index (κ2) is 7.14. The molecule has 0 aliphatic carbocycles. The van der Waals surface area contributed by atoms with Gasteiger partial charge in [0.1, 0.15) is 0 Å². The van der Waals surface area contributed by atoms with Crippen molar-refractivity contribution in [1.82, 2.24) is 9.80 Å². The molecule has 2 atom stereocenters. The lowest BCUT2D eigenvalue weighted by Crippen LogP contribution is -2.50. The van der Waals surface area contributed by atoms with E-state index in [2.05, 4.69) is 13.8 Å². The Morgan fingerprint density at radius 3 is 2.57 bits per heavy atom. The van der Waals surface area contributed by atoms with Gasteiger partial charge in [-0.25, -0.2) is 4.79 Å². The van der Waals surface area contributed by atoms with Crippen molar-refractivity contribution in [3.63, 3.8) is 0 Å². The average Bonchev–Trinajstić information content (AvgIpc) is 2.46. The maximum Gasteiger partial charge on any atom is 0.319 e. The first-order valence-corrected chi connectivity index (χ1v) is 7.93. The molecule has 0 spiro atoms. The molecule has 0 aromatic heterocycles. The predicted octanol–water partition coefficient (Wildman–Crippen LogP) is 2.91. The van der Waals surface area contributed by atoms with E-state index >= 15 is 0 Å². The molecule has 1 heterocycles. The molecule has 0 aromatic carbocycles. The fourth-order valence-corrected chi connectivity index (χ4v) is 2.83. The maximum absolute atomic E-state index is 12.5. The number of carbonyl (C=O) groups is 2. The number of aliphatic carboxylic acids is 1. The summed E-state index contributed by atoms with van der Waals surface area (Å²) in [5.41, 5.74) is -0.784. The molecule has 2 amide bonds. The quantitative estimate of drug-likeness (QED) is 0.849. The van der Waals surface area contributed by atoms with E-state index in [-0.39, 0.29) is 11.9 Å². The van der Waals surface area contributed by atoms with Crippen LogP contribution in [0.3, 0.4) is 0 Å². The third-order valence-electron chi connectivity index (χ3n) is 4.87. The van der Waals surface area contributed by atoms with Crippen LogP contribution in [0.5, 0.6) is 0 Å². The molecule has 1 N–H and O–H groups in total. The van der Waals surface area contributed by atoms with Gasteiger partial charge >= 0.3 is 12.0 Å². The highest BCUT2D eigenvalue weighted by Gasteiger charge is 2.40. The van der Waals surface area contributed by atoms with Gasteiger partial charge in [0.25, 0.3) is 0 Å². The number of carbonyl (C=O) groups excluding carboxylic acids is 1. The first-order valence-electron chi connectivity index (χ1n) is 7.93. The molecule has 1 aliphatic heterocycles. The molecule has 21 heavy (non-hydrogen) atoms. The highest BCUT2D eigenvalue weighted by atomic mass is 16.4. The van der Waals surface area contributed by atoms with E-state index in [1.165, 1.54) is 0 Å². The number of carboxylic acid groups (broad SMARTS) is 1. The Balaban J connectivity index is 2.68. The molecule has 1 fully saturated rings. The summed E-state index contributed by atoms with van der Waals surface area (Å²) in [6.45, 7) is 9.80. The zero-order chi connectivity index (χ0) is 16.2. The molecule has 5 nitrogen and oxygen atoms in total. The Morgan fingerprint density at radius 1 is 1.43 bits per heavy atom. The zero-order valence-corrected chi connectivity index (χ0v) is 14.1. The first-order chi connectivity index (χ1) is 9.70. The van der Waals surface area contributed by atoms with Crippen molar-refractivity contribution >= 4 is 12.0 Å². The van der Waals surface area contributed by atoms with E-state index in [1.807, 2.05) is 11.9 Å². The Morgan fingerprint density at radius 2 is 2.05 bits per heavy atom. The fraction of sp³-hybridized carbons (Fsp3) is 0.875. The minimum Gasteiger partial charge on any atom is -0.481 e. The fourth-order valence-electron chi connectivity index (χ4n) is 2.83. The molecule has 1 saturated heterocycles. The molecule has 1 aliphatic rings. The standard InChI is InChI=1S/C16H30N2O3/c1-6-12(2)10-17(5)15(21)18-9-7-8-13(11-18)16(3,4)14(19)20/h12-13H,6-11H2,1-5H3,(H,19,20). The third kappa shape index (κ3) is 4.35. The molecule has 1 rings (SSSR count). The van der Waals surface area contributed by atoms with Crippen molar-refractivity contribution in [3.05, 3.63) is 0 Å². The van der Waals surface area contributed by atoms with Gasteiger partial charge in [-0.05, 0) is 38.5 Å². The number of carboxylic acids is 1. The van der Waals surface area contributed by atoms with Crippen molar-refractivity contribution in [2.24, 2.45) is 17.3 Å². The van der Waals surface area contributed by atoms with Crippen LogP contribution in [0.2, 0.25) is 0 Å². The molecular formula is C16H30N2O3. The van der Waals surface area contributed by atoms with Gasteiger partial charge in [0.05, 0.1) is 5.41 Å². The molecule has 0 aromatic rings. The predicted molar refractivity (Wildman–Crippen MR) is 83.2 cm³/mol. The van der Waals surface area contributed by atoms with E-state index in [4.69, 9.17) is 0 Å². The molecule has 122 valence electrons. The number of piperidine rings is 1. The van der Waals surface area contributed by atoms with Crippen LogP contribution in [0.1, 0.15) is 47.0 Å².